The fourth-order valence-electron chi connectivity index (χ4n) is 2.44. The highest BCUT2D eigenvalue weighted by atomic mass is 32.2. The van der Waals surface area contributed by atoms with E-state index in [0.29, 0.717) is 10.7 Å². The molecule has 0 aliphatic heterocycles. The third-order valence-corrected chi connectivity index (χ3v) is 6.63. The summed E-state index contributed by atoms with van der Waals surface area (Å²) >= 11 is 4.50. The fraction of sp³-hybridized carbons (Fsp3) is 0.0476. The molecule has 3 nitrogen and oxygen atoms in total. The predicted molar refractivity (Wildman–Crippen MR) is 115 cm³/mol. The number of halogens is 1. The molecule has 4 aromatic rings. The number of thiazole rings is 1. The van der Waals surface area contributed by atoms with E-state index in [0.717, 1.165) is 25.5 Å². The molecular weight excluding hydrogens is 409 g/mol. The van der Waals surface area contributed by atoms with Gasteiger partial charge in [0.15, 0.2) is 5.13 Å². The lowest BCUT2D eigenvalue weighted by atomic mass is 10.3. The summed E-state index contributed by atoms with van der Waals surface area (Å²) in [6.45, 7) is 1.95. The summed E-state index contributed by atoms with van der Waals surface area (Å²) in [5, 5.41) is 6.01. The molecule has 0 aliphatic carbocycles. The van der Waals surface area contributed by atoms with Crippen molar-refractivity contribution in [3.05, 3.63) is 83.8 Å². The molecule has 2 aromatic carbocycles. The lowest BCUT2D eigenvalue weighted by Crippen LogP contribution is -1.96. The van der Waals surface area contributed by atoms with Gasteiger partial charge in [0, 0.05) is 26.3 Å². The second kappa shape index (κ2) is 8.77. The highest BCUT2D eigenvalue weighted by Gasteiger charge is 2.13. The highest BCUT2D eigenvalue weighted by Crippen LogP contribution is 2.38. The lowest BCUT2D eigenvalue weighted by molar-refractivity contribution is 0.602. The first kappa shape index (κ1) is 19.0. The Morgan fingerprint density at radius 1 is 0.929 bits per heavy atom. The van der Waals surface area contributed by atoms with Crippen LogP contribution >= 0.6 is 34.9 Å². The minimum absolute atomic E-state index is 0.246. The van der Waals surface area contributed by atoms with Crippen LogP contribution in [0.1, 0.15) is 5.69 Å². The molecular formula is C21H16FN3S3. The predicted octanol–water partition coefficient (Wildman–Crippen LogP) is 7.03. The topological polar surface area (TPSA) is 37.8 Å². The van der Waals surface area contributed by atoms with Gasteiger partial charge in [0.05, 0.1) is 10.6 Å². The molecule has 1 N–H and O–H groups in total. The van der Waals surface area contributed by atoms with Crippen LogP contribution in [0.15, 0.2) is 91.8 Å². The summed E-state index contributed by atoms with van der Waals surface area (Å²) in [6, 6.07) is 18.9. The Hall–Kier alpha value is -2.35. The molecule has 0 radical (unpaired) electrons. The molecule has 2 aromatic heterocycles. The van der Waals surface area contributed by atoms with Crippen LogP contribution in [-0.2, 0) is 0 Å². The van der Waals surface area contributed by atoms with Gasteiger partial charge in [-0.05, 0) is 37.3 Å². The molecule has 0 atom stereocenters. The van der Waals surface area contributed by atoms with Crippen molar-refractivity contribution in [3.63, 3.8) is 0 Å². The molecule has 0 aliphatic rings. The zero-order chi connectivity index (χ0) is 19.3. The molecule has 4 rings (SSSR count). The van der Waals surface area contributed by atoms with Gasteiger partial charge in [-0.2, -0.15) is 0 Å². The zero-order valence-electron chi connectivity index (χ0n) is 14.9. The summed E-state index contributed by atoms with van der Waals surface area (Å²) in [5.41, 5.74) is 0.951. The third-order valence-electron chi connectivity index (χ3n) is 3.71. The Labute approximate surface area is 175 Å². The summed E-state index contributed by atoms with van der Waals surface area (Å²) in [4.78, 5) is 12.6. The minimum atomic E-state index is -0.246. The van der Waals surface area contributed by atoms with E-state index in [1.165, 1.54) is 29.2 Å². The van der Waals surface area contributed by atoms with Gasteiger partial charge in [-0.1, -0.05) is 53.9 Å². The van der Waals surface area contributed by atoms with Gasteiger partial charge in [0.25, 0.3) is 0 Å². The lowest BCUT2D eigenvalue weighted by Gasteiger charge is -2.11. The van der Waals surface area contributed by atoms with E-state index in [1.54, 1.807) is 23.9 Å². The molecule has 0 amide bonds. The summed E-state index contributed by atoms with van der Waals surface area (Å²) in [6.07, 6.45) is 1.83. The normalized spacial score (nSPS) is 10.8. The Morgan fingerprint density at radius 2 is 1.71 bits per heavy atom. The number of hydrogen-bond donors (Lipinski definition) is 1. The van der Waals surface area contributed by atoms with E-state index in [9.17, 15) is 4.39 Å². The molecule has 0 bridgehead atoms. The van der Waals surface area contributed by atoms with E-state index in [4.69, 9.17) is 0 Å². The van der Waals surface area contributed by atoms with Crippen LogP contribution in [0.5, 0.6) is 0 Å². The number of nitrogens with one attached hydrogen (secondary N) is 1. The van der Waals surface area contributed by atoms with Crippen LogP contribution < -0.4 is 5.32 Å². The van der Waals surface area contributed by atoms with Gasteiger partial charge in [-0.25, -0.2) is 14.4 Å². The maximum Gasteiger partial charge on any atom is 0.188 e. The Morgan fingerprint density at radius 3 is 2.46 bits per heavy atom. The van der Waals surface area contributed by atoms with Crippen LogP contribution in [0.2, 0.25) is 0 Å². The Balaban J connectivity index is 1.67. The van der Waals surface area contributed by atoms with E-state index in [-0.39, 0.29) is 5.82 Å². The van der Waals surface area contributed by atoms with Crippen molar-refractivity contribution < 1.29 is 4.39 Å². The van der Waals surface area contributed by atoms with Gasteiger partial charge in [-0.3, -0.25) is 0 Å². The molecule has 0 fully saturated rings. The van der Waals surface area contributed by atoms with Crippen molar-refractivity contribution in [3.8, 4) is 0 Å². The number of nitrogens with zero attached hydrogens (tertiary/aromatic N) is 2. The second-order valence-electron chi connectivity index (χ2n) is 5.88. The first-order valence-corrected chi connectivity index (χ1v) is 11.0. The Kier molecular flexibility index (Phi) is 5.95. The number of anilines is 2. The minimum Gasteiger partial charge on any atom is -0.315 e. The highest BCUT2D eigenvalue weighted by molar-refractivity contribution is 8.00. The van der Waals surface area contributed by atoms with Gasteiger partial charge >= 0.3 is 0 Å². The maximum absolute atomic E-state index is 14.2. The van der Waals surface area contributed by atoms with Gasteiger partial charge in [-0.15, -0.1) is 11.3 Å². The van der Waals surface area contributed by atoms with Crippen LogP contribution in [0.3, 0.4) is 0 Å². The van der Waals surface area contributed by atoms with Crippen molar-refractivity contribution in [2.24, 2.45) is 0 Å². The van der Waals surface area contributed by atoms with Crippen molar-refractivity contribution in [2.45, 2.75) is 26.5 Å². The van der Waals surface area contributed by atoms with Crippen LogP contribution in [0.25, 0.3) is 0 Å². The third kappa shape index (κ3) is 4.73. The van der Waals surface area contributed by atoms with Crippen LogP contribution in [-0.4, -0.2) is 9.97 Å². The fourth-order valence-corrected chi connectivity index (χ4v) is 4.98. The standard InChI is InChI=1S/C21H16FN3S3/c1-14-13-26-21(24-14)25-20-19(28-18-10-6-5-9-17(18)22)11-16(12-23-20)27-15-7-3-2-4-8-15/h2-13H,1H3,(H,23,24,25). The van der Waals surface area contributed by atoms with Crippen molar-refractivity contribution >= 4 is 45.8 Å². The second-order valence-corrected chi connectivity index (χ2v) is 8.97. The average molecular weight is 426 g/mol. The van der Waals surface area contributed by atoms with Gasteiger partial charge < -0.3 is 5.32 Å². The number of pyridine rings is 1. The van der Waals surface area contributed by atoms with E-state index < -0.39 is 0 Å². The molecule has 7 heteroatoms. The first-order chi connectivity index (χ1) is 13.7. The van der Waals surface area contributed by atoms with Crippen molar-refractivity contribution in [1.29, 1.82) is 0 Å². The molecule has 0 unspecified atom stereocenters. The molecule has 2 heterocycles. The molecule has 140 valence electrons. The largest absolute Gasteiger partial charge is 0.315 e. The Bertz CT molecular complexity index is 1080. The number of aryl methyl sites for hydroxylation is 1. The summed E-state index contributed by atoms with van der Waals surface area (Å²) in [7, 11) is 0. The van der Waals surface area contributed by atoms with Crippen molar-refractivity contribution in [2.75, 3.05) is 5.32 Å². The number of benzene rings is 2. The first-order valence-electron chi connectivity index (χ1n) is 8.52. The van der Waals surface area contributed by atoms with Crippen molar-refractivity contribution in [1.82, 2.24) is 9.97 Å². The van der Waals surface area contributed by atoms with E-state index in [2.05, 4.69) is 27.4 Å². The molecule has 0 spiro atoms. The summed E-state index contributed by atoms with van der Waals surface area (Å²) < 4.78 is 14.2. The number of aromatic nitrogens is 2. The molecule has 0 saturated heterocycles. The number of hydrogen-bond acceptors (Lipinski definition) is 6. The smallest absolute Gasteiger partial charge is 0.188 e. The monoisotopic (exact) mass is 425 g/mol. The van der Waals surface area contributed by atoms with Gasteiger partial charge in [0.1, 0.15) is 11.6 Å². The zero-order valence-corrected chi connectivity index (χ0v) is 17.4. The average Bonchev–Trinajstić information content (AvgIpc) is 3.11. The SMILES string of the molecule is Cc1csc(Nc2ncc(Sc3ccccc3)cc2Sc2ccccc2F)n1. The number of rotatable bonds is 6. The van der Waals surface area contributed by atoms with Crippen LogP contribution in [0.4, 0.5) is 15.3 Å². The molecule has 28 heavy (non-hydrogen) atoms. The van der Waals surface area contributed by atoms with Crippen LogP contribution in [0, 0.1) is 12.7 Å². The van der Waals surface area contributed by atoms with Gasteiger partial charge in [0.2, 0.25) is 0 Å². The maximum atomic E-state index is 14.2. The molecule has 0 saturated carbocycles. The van der Waals surface area contributed by atoms with E-state index >= 15 is 0 Å². The summed E-state index contributed by atoms with van der Waals surface area (Å²) in [5.74, 6) is 0.421. The quantitative estimate of drug-likeness (QED) is 0.359. The van der Waals surface area contributed by atoms with E-state index in [1.807, 2.05) is 48.8 Å².